The Labute approximate surface area is 123 Å². The zero-order valence-electron chi connectivity index (χ0n) is 10.4. The van der Waals surface area contributed by atoms with Crippen molar-refractivity contribution in [2.24, 2.45) is 0 Å². The summed E-state index contributed by atoms with van der Waals surface area (Å²) >= 11 is 14.3. The third-order valence-electron chi connectivity index (χ3n) is 3.40. The number of nitrogens with two attached hydrogens (primary N) is 1. The van der Waals surface area contributed by atoms with Crippen LogP contribution in [0.5, 0.6) is 0 Å². The Morgan fingerprint density at radius 2 is 1.83 bits per heavy atom. The van der Waals surface area contributed by atoms with Crippen molar-refractivity contribution in [3.8, 4) is 0 Å². The fourth-order valence-electron chi connectivity index (χ4n) is 2.46. The minimum absolute atomic E-state index is 0.437. The normalized spacial score (nSPS) is 23.9. The Morgan fingerprint density at radius 3 is 2.44 bits per heavy atom. The predicted molar refractivity (Wildman–Crippen MR) is 84.1 cm³/mol. The summed E-state index contributed by atoms with van der Waals surface area (Å²) in [6, 6.07) is 3.92. The maximum atomic E-state index is 6.21. The van der Waals surface area contributed by atoms with Gasteiger partial charge in [-0.05, 0) is 31.2 Å². The molecule has 0 aromatic heterocycles. The highest BCUT2D eigenvalue weighted by atomic mass is 35.5. The van der Waals surface area contributed by atoms with Crippen LogP contribution in [0.15, 0.2) is 12.1 Å². The molecule has 0 bridgehead atoms. The van der Waals surface area contributed by atoms with E-state index in [1.165, 1.54) is 25.7 Å². The molecule has 0 amide bonds. The lowest BCUT2D eigenvalue weighted by Crippen LogP contribution is -2.34. The van der Waals surface area contributed by atoms with E-state index in [0.29, 0.717) is 27.0 Å². The van der Waals surface area contributed by atoms with Gasteiger partial charge in [-0.3, -0.25) is 0 Å². The van der Waals surface area contributed by atoms with Crippen LogP contribution in [0.4, 0.5) is 11.4 Å². The molecule has 0 spiro atoms. The molecule has 0 aliphatic heterocycles. The molecule has 1 fully saturated rings. The highest BCUT2D eigenvalue weighted by molar-refractivity contribution is 7.99. The predicted octanol–water partition coefficient (Wildman–Crippen LogP) is 4.66. The van der Waals surface area contributed by atoms with E-state index in [9.17, 15) is 0 Å². The lowest BCUT2D eigenvalue weighted by Gasteiger charge is -2.32. The van der Waals surface area contributed by atoms with E-state index in [1.807, 2.05) is 11.8 Å². The Morgan fingerprint density at radius 1 is 1.22 bits per heavy atom. The highest BCUT2D eigenvalue weighted by Gasteiger charge is 2.25. The van der Waals surface area contributed by atoms with E-state index in [2.05, 4.69) is 11.6 Å². The van der Waals surface area contributed by atoms with Crippen molar-refractivity contribution < 1.29 is 0 Å². The summed E-state index contributed by atoms with van der Waals surface area (Å²) in [5.74, 6) is 0. The molecule has 100 valence electrons. The molecule has 0 heterocycles. The average Bonchev–Trinajstić information content (AvgIpc) is 2.34. The van der Waals surface area contributed by atoms with Gasteiger partial charge in [-0.15, -0.1) is 0 Å². The van der Waals surface area contributed by atoms with Gasteiger partial charge in [-0.1, -0.05) is 36.0 Å². The second-order valence-corrected chi connectivity index (χ2v) is 6.56. The largest absolute Gasteiger partial charge is 0.399 e. The molecule has 1 aliphatic rings. The first-order chi connectivity index (χ1) is 8.61. The molecule has 1 aliphatic carbocycles. The van der Waals surface area contributed by atoms with E-state index in [-0.39, 0.29) is 0 Å². The van der Waals surface area contributed by atoms with Gasteiger partial charge in [0, 0.05) is 17.0 Å². The minimum atomic E-state index is 0.437. The second-order valence-electron chi connectivity index (χ2n) is 4.67. The van der Waals surface area contributed by atoms with E-state index in [1.54, 1.807) is 12.1 Å². The number of rotatable bonds is 3. The lowest BCUT2D eigenvalue weighted by atomic mass is 9.94. The molecule has 1 aromatic rings. The third kappa shape index (κ3) is 3.19. The quantitative estimate of drug-likeness (QED) is 0.798. The molecular formula is C13H18Cl2N2S. The molecule has 1 aromatic carbocycles. The molecular weight excluding hydrogens is 287 g/mol. The van der Waals surface area contributed by atoms with Crippen molar-refractivity contribution in [1.82, 2.24) is 0 Å². The molecule has 1 saturated carbocycles. The number of hydrogen-bond acceptors (Lipinski definition) is 3. The third-order valence-corrected chi connectivity index (χ3v) is 5.17. The molecule has 3 N–H and O–H groups in total. The fourth-order valence-corrected chi connectivity index (χ4v) is 4.01. The topological polar surface area (TPSA) is 38.0 Å². The number of halogens is 2. The molecule has 2 atom stereocenters. The summed E-state index contributed by atoms with van der Waals surface area (Å²) in [5, 5.41) is 5.34. The van der Waals surface area contributed by atoms with Crippen molar-refractivity contribution in [1.29, 1.82) is 0 Å². The first kappa shape index (κ1) is 14.2. The van der Waals surface area contributed by atoms with Gasteiger partial charge in [0.25, 0.3) is 0 Å². The number of nitrogens with one attached hydrogen (secondary N) is 1. The van der Waals surface area contributed by atoms with Crippen LogP contribution in [0.25, 0.3) is 0 Å². The van der Waals surface area contributed by atoms with E-state index in [4.69, 9.17) is 28.9 Å². The Bertz CT molecular complexity index is 402. The Hall–Kier alpha value is -0.250. The monoisotopic (exact) mass is 304 g/mol. The van der Waals surface area contributed by atoms with Crippen LogP contribution in [0.3, 0.4) is 0 Å². The van der Waals surface area contributed by atoms with Crippen molar-refractivity contribution in [2.45, 2.75) is 37.0 Å². The first-order valence-electron chi connectivity index (χ1n) is 6.15. The van der Waals surface area contributed by atoms with Crippen molar-refractivity contribution in [3.63, 3.8) is 0 Å². The van der Waals surface area contributed by atoms with Crippen LogP contribution in [-0.2, 0) is 0 Å². The second kappa shape index (κ2) is 6.27. The molecule has 5 heteroatoms. The number of anilines is 2. The van der Waals surface area contributed by atoms with Gasteiger partial charge in [0.2, 0.25) is 0 Å². The van der Waals surface area contributed by atoms with Crippen LogP contribution in [0, 0.1) is 0 Å². The number of hydrogen-bond donors (Lipinski definition) is 2. The van der Waals surface area contributed by atoms with Gasteiger partial charge in [0.1, 0.15) is 0 Å². The smallest absolute Gasteiger partial charge is 0.0723 e. The number of benzene rings is 1. The minimum Gasteiger partial charge on any atom is -0.399 e. The van der Waals surface area contributed by atoms with Gasteiger partial charge in [-0.25, -0.2) is 0 Å². The first-order valence-corrected chi connectivity index (χ1v) is 8.20. The summed E-state index contributed by atoms with van der Waals surface area (Å²) < 4.78 is 0. The SMILES string of the molecule is CSC1CCCCC1Nc1c(Cl)cc(N)cc1Cl. The number of nitrogen functional groups attached to an aromatic ring is 1. The van der Waals surface area contributed by atoms with Gasteiger partial charge in [0.15, 0.2) is 0 Å². The Kier molecular flexibility index (Phi) is 4.93. The summed E-state index contributed by atoms with van der Waals surface area (Å²) in [4.78, 5) is 0. The van der Waals surface area contributed by atoms with Crippen molar-refractivity contribution in [2.75, 3.05) is 17.3 Å². The molecule has 0 radical (unpaired) electrons. The summed E-state index contributed by atoms with van der Waals surface area (Å²) in [5.41, 5.74) is 7.13. The lowest BCUT2D eigenvalue weighted by molar-refractivity contribution is 0.475. The van der Waals surface area contributed by atoms with Crippen LogP contribution < -0.4 is 11.1 Å². The van der Waals surface area contributed by atoms with Gasteiger partial charge >= 0.3 is 0 Å². The zero-order chi connectivity index (χ0) is 13.1. The molecule has 2 unspecified atom stereocenters. The van der Waals surface area contributed by atoms with E-state index in [0.717, 1.165) is 5.69 Å². The zero-order valence-corrected chi connectivity index (χ0v) is 12.7. The standard InChI is InChI=1S/C13H18Cl2N2S/c1-18-12-5-3-2-4-11(12)17-13-9(14)6-8(16)7-10(13)15/h6-7,11-12,17H,2-5,16H2,1H3. The summed E-state index contributed by atoms with van der Waals surface area (Å²) in [6.07, 6.45) is 7.16. The fraction of sp³-hybridized carbons (Fsp3) is 0.538. The number of thioether (sulfide) groups is 1. The van der Waals surface area contributed by atoms with Crippen LogP contribution in [0.2, 0.25) is 10.0 Å². The molecule has 0 saturated heterocycles. The van der Waals surface area contributed by atoms with Crippen LogP contribution >= 0.6 is 35.0 Å². The van der Waals surface area contributed by atoms with E-state index >= 15 is 0 Å². The molecule has 18 heavy (non-hydrogen) atoms. The molecule has 2 nitrogen and oxygen atoms in total. The maximum absolute atomic E-state index is 6.21. The van der Waals surface area contributed by atoms with Gasteiger partial charge < -0.3 is 11.1 Å². The summed E-state index contributed by atoms with van der Waals surface area (Å²) in [6.45, 7) is 0. The van der Waals surface area contributed by atoms with Crippen LogP contribution in [-0.4, -0.2) is 17.5 Å². The van der Waals surface area contributed by atoms with Gasteiger partial charge in [-0.2, -0.15) is 11.8 Å². The molecule has 2 rings (SSSR count). The van der Waals surface area contributed by atoms with Crippen LogP contribution in [0.1, 0.15) is 25.7 Å². The Balaban J connectivity index is 2.17. The van der Waals surface area contributed by atoms with E-state index < -0.39 is 0 Å². The van der Waals surface area contributed by atoms with Gasteiger partial charge in [0.05, 0.1) is 15.7 Å². The maximum Gasteiger partial charge on any atom is 0.0723 e. The average molecular weight is 305 g/mol. The summed E-state index contributed by atoms with van der Waals surface area (Å²) in [7, 11) is 0. The van der Waals surface area contributed by atoms with Crippen molar-refractivity contribution in [3.05, 3.63) is 22.2 Å². The van der Waals surface area contributed by atoms with Crippen molar-refractivity contribution >= 4 is 46.3 Å². The highest BCUT2D eigenvalue weighted by Crippen LogP contribution is 2.36.